The molecular formula is C24H20O6. The first-order chi connectivity index (χ1) is 14.5. The van der Waals surface area contributed by atoms with E-state index in [0.717, 1.165) is 0 Å². The number of hydrogen-bond donors (Lipinski definition) is 4. The summed E-state index contributed by atoms with van der Waals surface area (Å²) in [6, 6.07) is 26.1. The van der Waals surface area contributed by atoms with Crippen LogP contribution in [0, 0.1) is 0 Å². The number of hydrogen-bond acceptors (Lipinski definition) is 6. The Kier molecular flexibility index (Phi) is 6.63. The predicted octanol–water partition coefficient (Wildman–Crippen LogP) is 5.78. The van der Waals surface area contributed by atoms with E-state index in [9.17, 15) is 10.2 Å². The van der Waals surface area contributed by atoms with Gasteiger partial charge < -0.3 is 29.9 Å². The van der Waals surface area contributed by atoms with E-state index in [1.165, 1.54) is 12.1 Å². The normalized spacial score (nSPS) is 9.87. The molecule has 0 spiro atoms. The average molecular weight is 404 g/mol. The van der Waals surface area contributed by atoms with Gasteiger partial charge in [0, 0.05) is 0 Å². The number of rotatable bonds is 4. The SMILES string of the molecule is Oc1ccc(Oc2ccc(O)cc2)cc1.Oc1ccccc1Oc1ccccc1O. The van der Waals surface area contributed by atoms with Crippen LogP contribution in [0.5, 0.6) is 46.0 Å². The van der Waals surface area contributed by atoms with Gasteiger partial charge in [0.25, 0.3) is 0 Å². The molecule has 0 heterocycles. The molecule has 6 heteroatoms. The Balaban J connectivity index is 0.000000171. The van der Waals surface area contributed by atoms with E-state index in [1.54, 1.807) is 84.9 Å². The monoisotopic (exact) mass is 404 g/mol. The van der Waals surface area contributed by atoms with Gasteiger partial charge in [-0.2, -0.15) is 0 Å². The lowest BCUT2D eigenvalue weighted by molar-refractivity contribution is 0.385. The molecule has 0 aliphatic rings. The fourth-order valence-corrected chi connectivity index (χ4v) is 2.37. The quantitative estimate of drug-likeness (QED) is 0.344. The molecule has 0 aliphatic heterocycles. The maximum Gasteiger partial charge on any atom is 0.169 e. The van der Waals surface area contributed by atoms with E-state index in [2.05, 4.69) is 0 Å². The molecule has 0 saturated carbocycles. The van der Waals surface area contributed by atoms with Crippen molar-refractivity contribution in [1.29, 1.82) is 0 Å². The van der Waals surface area contributed by atoms with Gasteiger partial charge in [-0.25, -0.2) is 0 Å². The van der Waals surface area contributed by atoms with Crippen LogP contribution in [0.3, 0.4) is 0 Å². The van der Waals surface area contributed by atoms with E-state index in [-0.39, 0.29) is 23.0 Å². The van der Waals surface area contributed by atoms with Crippen molar-refractivity contribution in [2.75, 3.05) is 0 Å². The summed E-state index contributed by atoms with van der Waals surface area (Å²) in [4.78, 5) is 0. The summed E-state index contributed by atoms with van der Waals surface area (Å²) in [7, 11) is 0. The Bertz CT molecular complexity index is 988. The second-order valence-electron chi connectivity index (χ2n) is 6.13. The molecule has 0 unspecified atom stereocenters. The van der Waals surface area contributed by atoms with Gasteiger partial charge in [0.2, 0.25) is 0 Å². The molecule has 0 atom stereocenters. The summed E-state index contributed by atoms with van der Waals surface area (Å²) in [6.07, 6.45) is 0. The van der Waals surface area contributed by atoms with Gasteiger partial charge >= 0.3 is 0 Å². The standard InChI is InChI=1S/2C12H10O3/c13-9-1-5-11(6-2-9)15-12-7-3-10(14)4-8-12;13-9-5-1-3-7-11(9)15-12-8-4-2-6-10(12)14/h2*1-8,13-14H. The van der Waals surface area contributed by atoms with Crippen LogP contribution in [-0.4, -0.2) is 20.4 Å². The second kappa shape index (κ2) is 9.75. The first-order valence-corrected chi connectivity index (χ1v) is 9.01. The number of aromatic hydroxyl groups is 4. The Labute approximate surface area is 173 Å². The van der Waals surface area contributed by atoms with Gasteiger partial charge in [-0.1, -0.05) is 24.3 Å². The summed E-state index contributed by atoms with van der Waals surface area (Å²) >= 11 is 0. The van der Waals surface area contributed by atoms with Crippen LogP contribution in [0.2, 0.25) is 0 Å². The van der Waals surface area contributed by atoms with Gasteiger partial charge in [-0.05, 0) is 72.8 Å². The molecule has 30 heavy (non-hydrogen) atoms. The molecule has 0 radical (unpaired) electrons. The van der Waals surface area contributed by atoms with Gasteiger partial charge in [0.05, 0.1) is 0 Å². The van der Waals surface area contributed by atoms with Crippen LogP contribution in [0.1, 0.15) is 0 Å². The lowest BCUT2D eigenvalue weighted by atomic mass is 10.3. The Morgan fingerprint density at radius 2 is 0.767 bits per heavy atom. The minimum Gasteiger partial charge on any atom is -0.508 e. The summed E-state index contributed by atoms with van der Waals surface area (Å²) in [5, 5.41) is 37.1. The van der Waals surface area contributed by atoms with E-state index in [1.807, 2.05) is 0 Å². The molecule has 0 bridgehead atoms. The largest absolute Gasteiger partial charge is 0.508 e. The van der Waals surface area contributed by atoms with Crippen molar-refractivity contribution in [3.05, 3.63) is 97.1 Å². The van der Waals surface area contributed by atoms with Gasteiger partial charge in [-0.3, -0.25) is 0 Å². The second-order valence-corrected chi connectivity index (χ2v) is 6.13. The lowest BCUT2D eigenvalue weighted by Crippen LogP contribution is -1.84. The molecule has 4 rings (SSSR count). The van der Waals surface area contributed by atoms with Crippen LogP contribution in [0.4, 0.5) is 0 Å². The van der Waals surface area contributed by atoms with Crippen LogP contribution in [0.15, 0.2) is 97.1 Å². The van der Waals surface area contributed by atoms with Gasteiger partial charge in [0.15, 0.2) is 23.0 Å². The Morgan fingerprint density at radius 3 is 1.13 bits per heavy atom. The van der Waals surface area contributed by atoms with Crippen molar-refractivity contribution >= 4 is 0 Å². The molecule has 152 valence electrons. The zero-order valence-corrected chi connectivity index (χ0v) is 15.8. The minimum atomic E-state index is 0.0424. The lowest BCUT2D eigenvalue weighted by Gasteiger charge is -2.08. The summed E-state index contributed by atoms with van der Waals surface area (Å²) in [5.41, 5.74) is 0. The fourth-order valence-electron chi connectivity index (χ4n) is 2.37. The highest BCUT2D eigenvalue weighted by atomic mass is 16.5. The van der Waals surface area contributed by atoms with Crippen molar-refractivity contribution in [2.45, 2.75) is 0 Å². The topological polar surface area (TPSA) is 99.4 Å². The molecule has 4 aromatic carbocycles. The van der Waals surface area contributed by atoms with Crippen molar-refractivity contribution in [1.82, 2.24) is 0 Å². The molecule has 0 aliphatic carbocycles. The first-order valence-electron chi connectivity index (χ1n) is 9.01. The van der Waals surface area contributed by atoms with Crippen LogP contribution < -0.4 is 9.47 Å². The fraction of sp³-hybridized carbons (Fsp3) is 0. The first kappa shape index (κ1) is 20.4. The summed E-state index contributed by atoms with van der Waals surface area (Å²) in [6.45, 7) is 0. The third-order valence-corrected chi connectivity index (χ3v) is 3.86. The maximum absolute atomic E-state index is 9.46. The van der Waals surface area contributed by atoms with E-state index in [0.29, 0.717) is 23.0 Å². The highest BCUT2D eigenvalue weighted by Gasteiger charge is 2.05. The average Bonchev–Trinajstić information content (AvgIpc) is 2.75. The molecule has 4 N–H and O–H groups in total. The smallest absolute Gasteiger partial charge is 0.169 e. The molecule has 0 fully saturated rings. The van der Waals surface area contributed by atoms with Gasteiger partial charge in [0.1, 0.15) is 23.0 Å². The molecule has 0 aromatic heterocycles. The number of ether oxygens (including phenoxy) is 2. The molecule has 0 saturated heterocycles. The van der Waals surface area contributed by atoms with Crippen molar-refractivity contribution < 1.29 is 29.9 Å². The maximum atomic E-state index is 9.46. The molecule has 6 nitrogen and oxygen atoms in total. The van der Waals surface area contributed by atoms with Crippen LogP contribution >= 0.6 is 0 Å². The molecule has 0 amide bonds. The van der Waals surface area contributed by atoms with Crippen molar-refractivity contribution in [2.24, 2.45) is 0 Å². The van der Waals surface area contributed by atoms with E-state index >= 15 is 0 Å². The number of phenolic OH excluding ortho intramolecular Hbond substituents is 4. The Hall–Kier alpha value is -4.32. The van der Waals surface area contributed by atoms with Gasteiger partial charge in [-0.15, -0.1) is 0 Å². The zero-order chi connectivity index (χ0) is 21.3. The summed E-state index contributed by atoms with van der Waals surface area (Å²) < 4.78 is 10.8. The number of benzene rings is 4. The van der Waals surface area contributed by atoms with Crippen molar-refractivity contribution in [3.63, 3.8) is 0 Å². The minimum absolute atomic E-state index is 0.0424. The van der Waals surface area contributed by atoms with Crippen LogP contribution in [-0.2, 0) is 0 Å². The molecular weight excluding hydrogens is 384 g/mol. The third-order valence-electron chi connectivity index (χ3n) is 3.86. The third kappa shape index (κ3) is 5.84. The number of para-hydroxylation sites is 4. The van der Waals surface area contributed by atoms with E-state index in [4.69, 9.17) is 19.7 Å². The van der Waals surface area contributed by atoms with E-state index < -0.39 is 0 Å². The highest BCUT2D eigenvalue weighted by Crippen LogP contribution is 2.34. The summed E-state index contributed by atoms with van der Waals surface area (Å²) in [5.74, 6) is 2.40. The van der Waals surface area contributed by atoms with Crippen LogP contribution in [0.25, 0.3) is 0 Å². The molecule has 4 aromatic rings. The predicted molar refractivity (Wildman–Crippen MR) is 113 cm³/mol. The zero-order valence-electron chi connectivity index (χ0n) is 15.8. The van der Waals surface area contributed by atoms with Crippen molar-refractivity contribution in [3.8, 4) is 46.0 Å². The Morgan fingerprint density at radius 1 is 0.400 bits per heavy atom. The highest BCUT2D eigenvalue weighted by molar-refractivity contribution is 5.46. The number of phenols is 4.